The number of piperidine rings is 1. The van der Waals surface area contributed by atoms with Crippen LogP contribution in [-0.4, -0.2) is 72.8 Å². The van der Waals surface area contributed by atoms with E-state index in [2.05, 4.69) is 46.4 Å². The number of hydrogen-bond acceptors (Lipinski definition) is 4. The molecule has 30 heavy (non-hydrogen) atoms. The number of amides is 2. The molecule has 2 fully saturated rings. The van der Waals surface area contributed by atoms with E-state index in [1.165, 1.54) is 5.56 Å². The fourth-order valence-corrected chi connectivity index (χ4v) is 4.25. The van der Waals surface area contributed by atoms with E-state index in [1.807, 2.05) is 25.7 Å². The molecule has 0 radical (unpaired) electrons. The number of piperazine rings is 1. The van der Waals surface area contributed by atoms with E-state index in [1.54, 1.807) is 0 Å². The first-order chi connectivity index (χ1) is 14.2. The van der Waals surface area contributed by atoms with Crippen molar-refractivity contribution in [3.63, 3.8) is 0 Å². The van der Waals surface area contributed by atoms with Gasteiger partial charge in [-0.2, -0.15) is 0 Å². The second kappa shape index (κ2) is 9.92. The fraction of sp³-hybridized carbons (Fsp3) is 0.667. The topological polar surface area (TPSA) is 55.9 Å². The Morgan fingerprint density at radius 2 is 1.63 bits per heavy atom. The summed E-state index contributed by atoms with van der Waals surface area (Å²) in [5.41, 5.74) is 2.10. The molecular formula is C24H38N4O2. The Balaban J connectivity index is 1.44. The first-order valence-corrected chi connectivity index (χ1v) is 11.3. The molecule has 2 amide bonds. The zero-order valence-corrected chi connectivity index (χ0v) is 19.1. The minimum absolute atomic E-state index is 0.00235. The highest BCUT2D eigenvalue weighted by molar-refractivity contribution is 5.82. The maximum atomic E-state index is 12.6. The van der Waals surface area contributed by atoms with Crippen molar-refractivity contribution in [2.75, 3.05) is 46.3 Å². The Morgan fingerprint density at radius 3 is 2.27 bits per heavy atom. The number of hydrogen-bond donors (Lipinski definition) is 1. The highest BCUT2D eigenvalue weighted by Crippen LogP contribution is 2.23. The van der Waals surface area contributed by atoms with Gasteiger partial charge in [0.1, 0.15) is 0 Å². The molecule has 0 aliphatic carbocycles. The minimum Gasteiger partial charge on any atom is -0.352 e. The maximum absolute atomic E-state index is 12.6. The summed E-state index contributed by atoms with van der Waals surface area (Å²) >= 11 is 0. The van der Waals surface area contributed by atoms with Crippen LogP contribution in [0.3, 0.4) is 0 Å². The molecule has 0 spiro atoms. The largest absolute Gasteiger partial charge is 0.352 e. The van der Waals surface area contributed by atoms with Crippen LogP contribution < -0.4 is 5.32 Å². The molecule has 166 valence electrons. The van der Waals surface area contributed by atoms with Crippen LogP contribution in [0.1, 0.15) is 44.7 Å². The highest BCUT2D eigenvalue weighted by Gasteiger charge is 2.32. The van der Waals surface area contributed by atoms with Crippen molar-refractivity contribution in [1.82, 2.24) is 20.0 Å². The molecule has 2 aliphatic heterocycles. The molecule has 2 saturated heterocycles. The van der Waals surface area contributed by atoms with Gasteiger partial charge < -0.3 is 15.1 Å². The Labute approximate surface area is 181 Å². The van der Waals surface area contributed by atoms with Crippen LogP contribution >= 0.6 is 0 Å². The van der Waals surface area contributed by atoms with Gasteiger partial charge >= 0.3 is 0 Å². The standard InChI is InChI=1S/C24H38N4O2/c1-24(2,3)23(30)28-10-8-21(9-11-28)22(29)25-17-19-6-5-7-20(16-19)18-27-14-12-26(4)13-15-27/h5-7,16,21H,8-15,17-18H2,1-4H3,(H,25,29). The van der Waals surface area contributed by atoms with Crippen molar-refractivity contribution < 1.29 is 9.59 Å². The number of likely N-dealkylation sites (N-methyl/N-ethyl adjacent to an activating group) is 1. The van der Waals surface area contributed by atoms with Crippen molar-refractivity contribution in [3.8, 4) is 0 Å². The first-order valence-electron chi connectivity index (χ1n) is 11.3. The van der Waals surface area contributed by atoms with E-state index in [0.717, 1.165) is 51.1 Å². The Morgan fingerprint density at radius 1 is 1.00 bits per heavy atom. The number of rotatable bonds is 5. The van der Waals surface area contributed by atoms with Crippen molar-refractivity contribution in [2.24, 2.45) is 11.3 Å². The van der Waals surface area contributed by atoms with Gasteiger partial charge in [0.2, 0.25) is 11.8 Å². The van der Waals surface area contributed by atoms with E-state index in [9.17, 15) is 9.59 Å². The molecule has 0 aromatic heterocycles. The van der Waals surface area contributed by atoms with Crippen molar-refractivity contribution in [2.45, 2.75) is 46.7 Å². The monoisotopic (exact) mass is 414 g/mol. The molecule has 1 aromatic carbocycles. The first kappa shape index (κ1) is 22.8. The predicted molar refractivity (Wildman–Crippen MR) is 120 cm³/mol. The third-order valence-electron chi connectivity index (χ3n) is 6.25. The SMILES string of the molecule is CN1CCN(Cc2cccc(CNC(=O)C3CCN(C(=O)C(C)(C)C)CC3)c2)CC1. The fourth-order valence-electron chi connectivity index (χ4n) is 4.25. The van der Waals surface area contributed by atoms with E-state index < -0.39 is 0 Å². The third-order valence-corrected chi connectivity index (χ3v) is 6.25. The van der Waals surface area contributed by atoms with Gasteiger partial charge in [-0.3, -0.25) is 14.5 Å². The molecule has 0 atom stereocenters. The van der Waals surface area contributed by atoms with Crippen LogP contribution in [0.15, 0.2) is 24.3 Å². The van der Waals surface area contributed by atoms with Crippen molar-refractivity contribution in [3.05, 3.63) is 35.4 Å². The molecule has 3 rings (SSSR count). The molecule has 0 saturated carbocycles. The third kappa shape index (κ3) is 6.29. The van der Waals surface area contributed by atoms with Crippen LogP contribution in [0, 0.1) is 11.3 Å². The van der Waals surface area contributed by atoms with Gasteiger partial charge in [-0.25, -0.2) is 0 Å². The second-order valence-electron chi connectivity index (χ2n) is 9.93. The number of carbonyl (C=O) groups is 2. The lowest BCUT2D eigenvalue weighted by molar-refractivity contribution is -0.142. The average molecular weight is 415 g/mol. The van der Waals surface area contributed by atoms with Gasteiger partial charge in [-0.15, -0.1) is 0 Å². The van der Waals surface area contributed by atoms with Gasteiger partial charge in [-0.05, 0) is 31.0 Å². The summed E-state index contributed by atoms with van der Waals surface area (Å²) in [5.74, 6) is 0.295. The van der Waals surface area contributed by atoms with Gasteiger partial charge in [0, 0.05) is 63.7 Å². The number of carbonyl (C=O) groups excluding carboxylic acids is 2. The zero-order chi connectivity index (χ0) is 21.7. The minimum atomic E-state index is -0.357. The van der Waals surface area contributed by atoms with E-state index in [0.29, 0.717) is 19.6 Å². The van der Waals surface area contributed by atoms with Gasteiger partial charge in [-0.1, -0.05) is 45.0 Å². The maximum Gasteiger partial charge on any atom is 0.227 e. The lowest BCUT2D eigenvalue weighted by Crippen LogP contribution is -2.46. The number of likely N-dealkylation sites (tertiary alicyclic amines) is 1. The molecule has 1 N–H and O–H groups in total. The number of nitrogens with zero attached hydrogens (tertiary/aromatic N) is 3. The van der Waals surface area contributed by atoms with Gasteiger partial charge in [0.05, 0.1) is 0 Å². The summed E-state index contributed by atoms with van der Waals surface area (Å²) in [6.07, 6.45) is 1.49. The Kier molecular flexibility index (Phi) is 7.53. The zero-order valence-electron chi connectivity index (χ0n) is 19.1. The van der Waals surface area contributed by atoms with Crippen LogP contribution in [0.2, 0.25) is 0 Å². The van der Waals surface area contributed by atoms with Crippen molar-refractivity contribution >= 4 is 11.8 Å². The Bertz CT molecular complexity index is 727. The molecule has 0 unspecified atom stereocenters. The van der Waals surface area contributed by atoms with Crippen LogP contribution in [0.25, 0.3) is 0 Å². The smallest absolute Gasteiger partial charge is 0.227 e. The predicted octanol–water partition coefficient (Wildman–Crippen LogP) is 2.33. The second-order valence-corrected chi connectivity index (χ2v) is 9.93. The summed E-state index contributed by atoms with van der Waals surface area (Å²) in [7, 11) is 2.17. The molecule has 6 heteroatoms. The van der Waals surface area contributed by atoms with E-state index >= 15 is 0 Å². The molecule has 0 bridgehead atoms. The number of nitrogens with one attached hydrogen (secondary N) is 1. The highest BCUT2D eigenvalue weighted by atomic mass is 16.2. The normalized spacial score (nSPS) is 19.7. The van der Waals surface area contributed by atoms with Crippen molar-refractivity contribution in [1.29, 1.82) is 0 Å². The lowest BCUT2D eigenvalue weighted by Gasteiger charge is -2.35. The Hall–Kier alpha value is -1.92. The summed E-state index contributed by atoms with van der Waals surface area (Å²) in [6.45, 7) is 13.2. The summed E-state index contributed by atoms with van der Waals surface area (Å²) < 4.78 is 0. The average Bonchev–Trinajstić information content (AvgIpc) is 2.73. The molecule has 2 aliphatic rings. The summed E-state index contributed by atoms with van der Waals surface area (Å²) in [4.78, 5) is 31.8. The lowest BCUT2D eigenvalue weighted by atomic mass is 9.90. The summed E-state index contributed by atoms with van der Waals surface area (Å²) in [6, 6.07) is 8.55. The molecule has 6 nitrogen and oxygen atoms in total. The van der Waals surface area contributed by atoms with Crippen LogP contribution in [-0.2, 0) is 22.7 Å². The molecular weight excluding hydrogens is 376 g/mol. The van der Waals surface area contributed by atoms with Gasteiger partial charge in [0.25, 0.3) is 0 Å². The molecule has 1 aromatic rings. The summed E-state index contributed by atoms with van der Waals surface area (Å²) in [5, 5.41) is 3.12. The quantitative estimate of drug-likeness (QED) is 0.804. The molecule has 2 heterocycles. The number of benzene rings is 1. The van der Waals surface area contributed by atoms with Crippen LogP contribution in [0.4, 0.5) is 0 Å². The van der Waals surface area contributed by atoms with Gasteiger partial charge in [0.15, 0.2) is 0 Å². The van der Waals surface area contributed by atoms with E-state index in [4.69, 9.17) is 0 Å². The van der Waals surface area contributed by atoms with Crippen LogP contribution in [0.5, 0.6) is 0 Å². The van der Waals surface area contributed by atoms with E-state index in [-0.39, 0.29) is 23.1 Å².